The van der Waals surface area contributed by atoms with E-state index in [4.69, 9.17) is 27.5 Å². The lowest BCUT2D eigenvalue weighted by Crippen LogP contribution is -2.30. The highest BCUT2D eigenvalue weighted by Gasteiger charge is 2.09. The topological polar surface area (TPSA) is 59.1 Å². The lowest BCUT2D eigenvalue weighted by molar-refractivity contribution is 0.283. The fourth-order valence-corrected chi connectivity index (χ4v) is 1.60. The highest BCUT2D eigenvalue weighted by Crippen LogP contribution is 2.28. The molecule has 5 heteroatoms. The highest BCUT2D eigenvalue weighted by molar-refractivity contribution is 9.10. The summed E-state index contributed by atoms with van der Waals surface area (Å²) in [5.74, 6) is 0.615. The van der Waals surface area contributed by atoms with Gasteiger partial charge >= 0.3 is 0 Å². The fraction of sp³-hybridized carbons (Fsp3) is 0.222. The predicted octanol–water partition coefficient (Wildman–Crippen LogP) is 2.81. The zero-order chi connectivity index (χ0) is 10.7. The number of hydrogen-bond acceptors (Lipinski definition) is 2. The highest BCUT2D eigenvalue weighted by atomic mass is 79.9. The van der Waals surface area contributed by atoms with Gasteiger partial charge in [-0.3, -0.25) is 5.41 Å². The number of hydrogen-bond donors (Lipinski definition) is 2. The molecular formula is C9H10BrClN2O. The van der Waals surface area contributed by atoms with Gasteiger partial charge in [-0.15, -0.1) is 0 Å². The van der Waals surface area contributed by atoms with Gasteiger partial charge in [0.1, 0.15) is 11.6 Å². The SMILES string of the molecule is CC(Oc1ccc(Cl)cc1Br)C(=N)N. The molecule has 0 saturated carbocycles. The third kappa shape index (κ3) is 2.89. The van der Waals surface area contributed by atoms with E-state index in [1.807, 2.05) is 0 Å². The van der Waals surface area contributed by atoms with Crippen LogP contribution in [-0.4, -0.2) is 11.9 Å². The lowest BCUT2D eigenvalue weighted by atomic mass is 10.3. The van der Waals surface area contributed by atoms with Crippen LogP contribution in [0.15, 0.2) is 22.7 Å². The zero-order valence-electron chi connectivity index (χ0n) is 7.55. The van der Waals surface area contributed by atoms with Gasteiger partial charge in [0.25, 0.3) is 0 Å². The van der Waals surface area contributed by atoms with E-state index in [0.29, 0.717) is 10.8 Å². The van der Waals surface area contributed by atoms with Crippen LogP contribution in [0.2, 0.25) is 5.02 Å². The second-order valence-corrected chi connectivity index (χ2v) is 4.08. The number of nitrogens with two attached hydrogens (primary N) is 1. The Morgan fingerprint density at radius 2 is 2.29 bits per heavy atom. The van der Waals surface area contributed by atoms with Crippen molar-refractivity contribution in [2.75, 3.05) is 0 Å². The largest absolute Gasteiger partial charge is 0.482 e. The summed E-state index contributed by atoms with van der Waals surface area (Å²) in [5, 5.41) is 7.80. The summed E-state index contributed by atoms with van der Waals surface area (Å²) < 4.78 is 6.15. The van der Waals surface area contributed by atoms with Crippen molar-refractivity contribution in [3.05, 3.63) is 27.7 Å². The number of ether oxygens (including phenoxy) is 1. The molecule has 1 unspecified atom stereocenters. The maximum atomic E-state index is 7.17. The molecule has 0 bridgehead atoms. The molecule has 3 nitrogen and oxygen atoms in total. The fourth-order valence-electron chi connectivity index (χ4n) is 0.825. The Morgan fingerprint density at radius 3 is 2.79 bits per heavy atom. The van der Waals surface area contributed by atoms with Crippen LogP contribution in [0, 0.1) is 5.41 Å². The van der Waals surface area contributed by atoms with E-state index in [-0.39, 0.29) is 5.84 Å². The number of amidine groups is 1. The van der Waals surface area contributed by atoms with Crippen molar-refractivity contribution in [2.24, 2.45) is 5.73 Å². The molecule has 3 N–H and O–H groups in total. The maximum Gasteiger partial charge on any atom is 0.152 e. The van der Waals surface area contributed by atoms with Crippen molar-refractivity contribution in [1.82, 2.24) is 0 Å². The molecule has 1 atom stereocenters. The molecular weight excluding hydrogens is 267 g/mol. The van der Waals surface area contributed by atoms with Gasteiger partial charge < -0.3 is 10.5 Å². The van der Waals surface area contributed by atoms with Crippen LogP contribution in [-0.2, 0) is 0 Å². The smallest absolute Gasteiger partial charge is 0.152 e. The number of rotatable bonds is 3. The van der Waals surface area contributed by atoms with Crippen LogP contribution >= 0.6 is 27.5 Å². The predicted molar refractivity (Wildman–Crippen MR) is 61.2 cm³/mol. The number of nitrogens with one attached hydrogen (secondary N) is 1. The van der Waals surface area contributed by atoms with E-state index >= 15 is 0 Å². The third-order valence-electron chi connectivity index (χ3n) is 1.64. The average molecular weight is 278 g/mol. The van der Waals surface area contributed by atoms with Crippen LogP contribution in [0.3, 0.4) is 0 Å². The van der Waals surface area contributed by atoms with E-state index in [0.717, 1.165) is 4.47 Å². The Morgan fingerprint density at radius 1 is 1.64 bits per heavy atom. The zero-order valence-corrected chi connectivity index (χ0v) is 9.89. The van der Waals surface area contributed by atoms with Crippen molar-refractivity contribution in [1.29, 1.82) is 5.41 Å². The van der Waals surface area contributed by atoms with Crippen LogP contribution in [0.4, 0.5) is 0 Å². The average Bonchev–Trinajstić information content (AvgIpc) is 2.09. The molecule has 1 rings (SSSR count). The van der Waals surface area contributed by atoms with Crippen molar-refractivity contribution in [3.63, 3.8) is 0 Å². The molecule has 0 fully saturated rings. The van der Waals surface area contributed by atoms with Gasteiger partial charge in [-0.1, -0.05) is 11.6 Å². The Labute approximate surface area is 95.8 Å². The minimum atomic E-state index is -0.438. The lowest BCUT2D eigenvalue weighted by Gasteiger charge is -2.14. The van der Waals surface area contributed by atoms with E-state index in [2.05, 4.69) is 15.9 Å². The Kier molecular flexibility index (Phi) is 3.77. The maximum absolute atomic E-state index is 7.17. The summed E-state index contributed by atoms with van der Waals surface area (Å²) >= 11 is 9.07. The Hall–Kier alpha value is -0.740. The van der Waals surface area contributed by atoms with Gasteiger partial charge in [-0.05, 0) is 41.1 Å². The van der Waals surface area contributed by atoms with E-state index in [1.165, 1.54) is 0 Å². The minimum Gasteiger partial charge on any atom is -0.482 e. The molecule has 14 heavy (non-hydrogen) atoms. The number of benzene rings is 1. The van der Waals surface area contributed by atoms with E-state index in [9.17, 15) is 0 Å². The first kappa shape index (κ1) is 11.3. The van der Waals surface area contributed by atoms with Gasteiger partial charge in [0, 0.05) is 5.02 Å². The third-order valence-corrected chi connectivity index (χ3v) is 2.49. The van der Waals surface area contributed by atoms with Crippen molar-refractivity contribution < 1.29 is 4.74 Å². The molecule has 0 radical (unpaired) electrons. The molecule has 0 aliphatic carbocycles. The molecule has 0 heterocycles. The molecule has 0 spiro atoms. The van der Waals surface area contributed by atoms with Gasteiger partial charge in [0.05, 0.1) is 4.47 Å². The van der Waals surface area contributed by atoms with E-state index in [1.54, 1.807) is 25.1 Å². The molecule has 0 amide bonds. The van der Waals surface area contributed by atoms with Crippen molar-refractivity contribution in [2.45, 2.75) is 13.0 Å². The van der Waals surface area contributed by atoms with Gasteiger partial charge in [-0.2, -0.15) is 0 Å². The summed E-state index contributed by atoms with van der Waals surface area (Å²) in [4.78, 5) is 0. The molecule has 1 aromatic carbocycles. The summed E-state index contributed by atoms with van der Waals surface area (Å²) in [6, 6.07) is 5.17. The molecule has 1 aromatic rings. The molecule has 0 aromatic heterocycles. The minimum absolute atomic E-state index is 0.00755. The second kappa shape index (κ2) is 4.66. The summed E-state index contributed by atoms with van der Waals surface area (Å²) in [7, 11) is 0. The van der Waals surface area contributed by atoms with Gasteiger partial charge in [0.2, 0.25) is 0 Å². The first-order chi connectivity index (χ1) is 6.50. The summed E-state index contributed by atoms with van der Waals surface area (Å²) in [6.07, 6.45) is -0.438. The van der Waals surface area contributed by atoms with Crippen molar-refractivity contribution >= 4 is 33.4 Å². The Bertz CT molecular complexity index is 357. The second-order valence-electron chi connectivity index (χ2n) is 2.79. The Balaban J connectivity index is 2.82. The normalized spacial score (nSPS) is 12.2. The van der Waals surface area contributed by atoms with Crippen LogP contribution in [0.1, 0.15) is 6.92 Å². The standard InChI is InChI=1S/C9H10BrClN2O/c1-5(9(12)13)14-8-3-2-6(11)4-7(8)10/h2-5H,1H3,(H3,12,13). The summed E-state index contributed by atoms with van der Waals surface area (Å²) in [6.45, 7) is 1.71. The van der Waals surface area contributed by atoms with Crippen LogP contribution in [0.5, 0.6) is 5.75 Å². The van der Waals surface area contributed by atoms with Crippen LogP contribution < -0.4 is 10.5 Å². The van der Waals surface area contributed by atoms with Gasteiger partial charge in [-0.25, -0.2) is 0 Å². The van der Waals surface area contributed by atoms with Crippen molar-refractivity contribution in [3.8, 4) is 5.75 Å². The quantitative estimate of drug-likeness (QED) is 0.659. The van der Waals surface area contributed by atoms with E-state index < -0.39 is 6.10 Å². The van der Waals surface area contributed by atoms with Crippen LogP contribution in [0.25, 0.3) is 0 Å². The monoisotopic (exact) mass is 276 g/mol. The molecule has 0 aliphatic rings. The number of halogens is 2. The summed E-state index contributed by atoms with van der Waals surface area (Å²) in [5.41, 5.74) is 5.28. The molecule has 0 aliphatic heterocycles. The first-order valence-electron chi connectivity index (χ1n) is 3.96. The van der Waals surface area contributed by atoms with Gasteiger partial charge in [0.15, 0.2) is 6.10 Å². The molecule has 76 valence electrons. The first-order valence-corrected chi connectivity index (χ1v) is 5.13. The molecule has 0 saturated heterocycles.